The van der Waals surface area contributed by atoms with E-state index in [-0.39, 0.29) is 5.91 Å². The summed E-state index contributed by atoms with van der Waals surface area (Å²) < 4.78 is 5.86. The number of carbonyl (C=O) groups excluding carboxylic acids is 1. The summed E-state index contributed by atoms with van der Waals surface area (Å²) in [5.41, 5.74) is 2.97. The Morgan fingerprint density at radius 2 is 1.88 bits per heavy atom. The van der Waals surface area contributed by atoms with Gasteiger partial charge in [0.1, 0.15) is 5.75 Å². The summed E-state index contributed by atoms with van der Waals surface area (Å²) in [5.74, 6) is 1.43. The van der Waals surface area contributed by atoms with Crippen LogP contribution < -0.4 is 4.74 Å². The molecule has 4 aromatic rings. The number of H-pyrrole nitrogens is 1. The molecule has 2 aromatic heterocycles. The summed E-state index contributed by atoms with van der Waals surface area (Å²) >= 11 is 0. The summed E-state index contributed by atoms with van der Waals surface area (Å²) in [5, 5.41) is 9.09. The largest absolute Gasteiger partial charge is 0.424 e. The van der Waals surface area contributed by atoms with Crippen LogP contribution in [-0.2, 0) is 11.3 Å². The van der Waals surface area contributed by atoms with Gasteiger partial charge in [-0.2, -0.15) is 5.10 Å². The zero-order valence-corrected chi connectivity index (χ0v) is 18.7. The molecule has 1 saturated heterocycles. The van der Waals surface area contributed by atoms with Crippen LogP contribution in [0.15, 0.2) is 61.1 Å². The zero-order valence-electron chi connectivity index (χ0n) is 18.7. The second-order valence-electron chi connectivity index (χ2n) is 8.66. The van der Waals surface area contributed by atoms with Crippen LogP contribution in [0.25, 0.3) is 22.0 Å². The summed E-state index contributed by atoms with van der Waals surface area (Å²) in [6.07, 6.45) is 5.11. The summed E-state index contributed by atoms with van der Waals surface area (Å²) in [6, 6.07) is 14.7. The number of amides is 1. The van der Waals surface area contributed by atoms with Crippen molar-refractivity contribution >= 4 is 16.7 Å². The first-order valence-corrected chi connectivity index (χ1v) is 11.0. The quantitative estimate of drug-likeness (QED) is 0.469. The van der Waals surface area contributed by atoms with Gasteiger partial charge in [0.15, 0.2) is 0 Å². The van der Waals surface area contributed by atoms with Crippen LogP contribution in [0.5, 0.6) is 11.8 Å². The van der Waals surface area contributed by atoms with E-state index in [4.69, 9.17) is 4.74 Å². The van der Waals surface area contributed by atoms with Gasteiger partial charge in [-0.3, -0.25) is 9.89 Å². The Balaban J connectivity index is 1.20. The maximum Gasteiger partial charge on any atom is 0.321 e. The lowest BCUT2D eigenvalue weighted by Crippen LogP contribution is -2.52. The average molecular weight is 443 g/mol. The molecule has 33 heavy (non-hydrogen) atoms. The maximum absolute atomic E-state index is 11.4. The number of nitrogens with one attached hydrogen (secondary N) is 1. The molecule has 1 aliphatic rings. The van der Waals surface area contributed by atoms with E-state index >= 15 is 0 Å². The fraction of sp³-hybridized carbons (Fsp3) is 0.280. The lowest BCUT2D eigenvalue weighted by atomic mass is 9.99. The van der Waals surface area contributed by atoms with Crippen molar-refractivity contribution in [2.75, 3.05) is 26.7 Å². The van der Waals surface area contributed by atoms with Gasteiger partial charge in [0.05, 0.1) is 5.69 Å². The van der Waals surface area contributed by atoms with Gasteiger partial charge in [-0.25, -0.2) is 9.97 Å². The van der Waals surface area contributed by atoms with Crippen LogP contribution in [0.2, 0.25) is 0 Å². The Morgan fingerprint density at radius 3 is 2.61 bits per heavy atom. The molecule has 168 valence electrons. The van der Waals surface area contributed by atoms with Crippen molar-refractivity contribution in [2.24, 2.45) is 5.92 Å². The number of likely N-dealkylation sites (tertiary alicyclic amines) is 1. The van der Waals surface area contributed by atoms with E-state index in [1.807, 2.05) is 23.1 Å². The van der Waals surface area contributed by atoms with Gasteiger partial charge in [-0.05, 0) is 47.6 Å². The van der Waals surface area contributed by atoms with Gasteiger partial charge in [-0.15, -0.1) is 0 Å². The van der Waals surface area contributed by atoms with Gasteiger partial charge < -0.3 is 14.5 Å². The van der Waals surface area contributed by atoms with Crippen LogP contribution in [0, 0.1) is 5.92 Å². The molecule has 1 amide bonds. The van der Waals surface area contributed by atoms with Gasteiger partial charge in [0, 0.05) is 63.2 Å². The molecular formula is C25H26N6O2. The van der Waals surface area contributed by atoms with Crippen molar-refractivity contribution in [1.29, 1.82) is 0 Å². The Kier molecular flexibility index (Phi) is 5.75. The van der Waals surface area contributed by atoms with Crippen molar-refractivity contribution in [3.63, 3.8) is 0 Å². The number of hydrogen-bond donors (Lipinski definition) is 1. The number of rotatable bonds is 7. The molecule has 1 fully saturated rings. The van der Waals surface area contributed by atoms with Crippen LogP contribution >= 0.6 is 0 Å². The van der Waals surface area contributed by atoms with Crippen LogP contribution in [0.3, 0.4) is 0 Å². The van der Waals surface area contributed by atoms with Crippen molar-refractivity contribution < 1.29 is 9.53 Å². The zero-order chi connectivity index (χ0) is 22.8. The fourth-order valence-electron chi connectivity index (χ4n) is 4.22. The van der Waals surface area contributed by atoms with Gasteiger partial charge in [0.2, 0.25) is 5.91 Å². The number of nitrogens with zero attached hydrogens (tertiary/aromatic N) is 5. The summed E-state index contributed by atoms with van der Waals surface area (Å²) in [6.45, 7) is 5.25. The molecule has 8 nitrogen and oxygen atoms in total. The number of hydrogen-bond acceptors (Lipinski definition) is 6. The molecule has 2 aromatic carbocycles. The third-order valence-electron chi connectivity index (χ3n) is 5.95. The normalized spacial score (nSPS) is 14.0. The molecule has 0 aliphatic carbocycles. The first-order valence-electron chi connectivity index (χ1n) is 11.0. The van der Waals surface area contributed by atoms with E-state index in [0.717, 1.165) is 48.2 Å². The second kappa shape index (κ2) is 8.99. The first kappa shape index (κ1) is 21.1. The average Bonchev–Trinajstić information content (AvgIpc) is 3.31. The molecule has 0 radical (unpaired) electrons. The molecule has 5 rings (SSSR count). The molecule has 3 heterocycles. The lowest BCUT2D eigenvalue weighted by Gasteiger charge is -2.40. The van der Waals surface area contributed by atoms with Gasteiger partial charge >= 0.3 is 6.01 Å². The van der Waals surface area contributed by atoms with Crippen molar-refractivity contribution in [2.45, 2.75) is 13.5 Å². The predicted octanol–water partition coefficient (Wildman–Crippen LogP) is 3.72. The monoisotopic (exact) mass is 442 g/mol. The number of carbonyl (C=O) groups is 1. The highest BCUT2D eigenvalue weighted by Gasteiger charge is 2.29. The number of fused-ring (bicyclic) bond motifs is 1. The molecule has 0 unspecified atom stereocenters. The minimum Gasteiger partial charge on any atom is -0.424 e. The predicted molar refractivity (Wildman–Crippen MR) is 126 cm³/mol. The molecule has 0 spiro atoms. The molecule has 1 aliphatic heterocycles. The van der Waals surface area contributed by atoms with E-state index in [0.29, 0.717) is 17.7 Å². The number of aromatic nitrogens is 4. The smallest absolute Gasteiger partial charge is 0.321 e. The minimum atomic E-state index is 0.171. The molecule has 0 saturated carbocycles. The lowest BCUT2D eigenvalue weighted by molar-refractivity contribution is -0.135. The maximum atomic E-state index is 11.4. The van der Waals surface area contributed by atoms with E-state index in [1.54, 1.807) is 25.5 Å². The minimum absolute atomic E-state index is 0.171. The molecule has 0 bridgehead atoms. The van der Waals surface area contributed by atoms with Gasteiger partial charge in [-0.1, -0.05) is 18.2 Å². The Hall–Kier alpha value is -3.78. The van der Waals surface area contributed by atoms with Crippen molar-refractivity contribution in [3.05, 3.63) is 66.6 Å². The highest BCUT2D eigenvalue weighted by Crippen LogP contribution is 2.26. The summed E-state index contributed by atoms with van der Waals surface area (Å²) in [7, 11) is 2.13. The Morgan fingerprint density at radius 1 is 1.12 bits per heavy atom. The van der Waals surface area contributed by atoms with E-state index in [2.05, 4.69) is 56.4 Å². The van der Waals surface area contributed by atoms with Crippen LogP contribution in [0.4, 0.5) is 0 Å². The van der Waals surface area contributed by atoms with Crippen molar-refractivity contribution in [1.82, 2.24) is 30.0 Å². The highest BCUT2D eigenvalue weighted by atomic mass is 16.5. The third-order valence-corrected chi connectivity index (χ3v) is 5.95. The number of aromatic amines is 1. The van der Waals surface area contributed by atoms with Gasteiger partial charge in [0.25, 0.3) is 0 Å². The van der Waals surface area contributed by atoms with Crippen LogP contribution in [0.1, 0.15) is 12.5 Å². The fourth-order valence-corrected chi connectivity index (χ4v) is 4.22. The Labute approximate surface area is 192 Å². The van der Waals surface area contributed by atoms with Crippen molar-refractivity contribution in [3.8, 4) is 23.0 Å². The molecule has 1 N–H and O–H groups in total. The molecular weight excluding hydrogens is 416 g/mol. The number of ether oxygens (including phenoxy) is 1. The SMILES string of the molecule is CC(=O)N1CC(CN(C)Cc2ccc3cc(Oc4ncc(-c5ccn[nH]5)cn4)ccc3c2)C1. The van der Waals surface area contributed by atoms with E-state index < -0.39 is 0 Å². The first-order chi connectivity index (χ1) is 16.0. The van der Waals surface area contributed by atoms with Crippen LogP contribution in [-0.4, -0.2) is 62.6 Å². The highest BCUT2D eigenvalue weighted by molar-refractivity contribution is 5.84. The Bertz CT molecular complexity index is 1250. The second-order valence-corrected chi connectivity index (χ2v) is 8.66. The molecule has 8 heteroatoms. The third kappa shape index (κ3) is 4.85. The van der Waals surface area contributed by atoms with E-state index in [1.165, 1.54) is 5.56 Å². The van der Waals surface area contributed by atoms with E-state index in [9.17, 15) is 4.79 Å². The standard InChI is InChI=1S/C25H26N6O2/c1-17(32)31-15-19(16-31)14-30(2)13-18-3-4-21-10-23(6-5-20(21)9-18)33-25-26-11-22(12-27-25)24-7-8-28-29-24/h3-12,19H,13-16H2,1-2H3,(H,28,29). The number of benzene rings is 2. The molecule has 0 atom stereocenters. The topological polar surface area (TPSA) is 87.2 Å². The summed E-state index contributed by atoms with van der Waals surface area (Å²) in [4.78, 5) is 24.2.